The van der Waals surface area contributed by atoms with E-state index >= 15 is 0 Å². The topological polar surface area (TPSA) is 51.2 Å². The van der Waals surface area contributed by atoms with Crippen LogP contribution in [0.4, 0.5) is 5.13 Å². The first-order chi connectivity index (χ1) is 15.2. The summed E-state index contributed by atoms with van der Waals surface area (Å²) in [6.45, 7) is 2.87. The summed E-state index contributed by atoms with van der Waals surface area (Å²) in [6.07, 6.45) is 2.16. The lowest BCUT2D eigenvalue weighted by atomic mass is 10.0. The van der Waals surface area contributed by atoms with Gasteiger partial charge in [0.15, 0.2) is 5.13 Å². The molecule has 0 radical (unpaired) electrons. The normalized spacial score (nSPS) is 10.6. The Balaban J connectivity index is 1.39. The van der Waals surface area contributed by atoms with Crippen molar-refractivity contribution in [1.29, 1.82) is 0 Å². The van der Waals surface area contributed by atoms with Gasteiger partial charge < -0.3 is 4.74 Å². The number of hydrogen-bond donors (Lipinski definition) is 1. The fraction of sp³-hybridized carbons (Fsp3) is 0.154. The molecule has 0 aliphatic rings. The number of carbonyl (C=O) groups excluding carboxylic acids is 1. The van der Waals surface area contributed by atoms with E-state index in [0.717, 1.165) is 47.6 Å². The van der Waals surface area contributed by atoms with E-state index in [9.17, 15) is 4.79 Å². The summed E-state index contributed by atoms with van der Waals surface area (Å²) >= 11 is 1.41. The molecule has 31 heavy (non-hydrogen) atoms. The number of ether oxygens (including phenoxy) is 1. The Kier molecular flexibility index (Phi) is 6.75. The van der Waals surface area contributed by atoms with Gasteiger partial charge in [-0.15, -0.1) is 11.3 Å². The molecule has 0 fully saturated rings. The van der Waals surface area contributed by atoms with Crippen molar-refractivity contribution in [3.63, 3.8) is 0 Å². The molecule has 1 heterocycles. The Morgan fingerprint density at radius 1 is 0.903 bits per heavy atom. The third-order valence-electron chi connectivity index (χ3n) is 4.90. The van der Waals surface area contributed by atoms with Gasteiger partial charge in [-0.05, 0) is 53.9 Å². The number of rotatable bonds is 8. The largest absolute Gasteiger partial charge is 0.494 e. The van der Waals surface area contributed by atoms with Gasteiger partial charge in [-0.1, -0.05) is 55.8 Å². The van der Waals surface area contributed by atoms with Gasteiger partial charge in [0.2, 0.25) is 0 Å². The van der Waals surface area contributed by atoms with Gasteiger partial charge >= 0.3 is 0 Å². The quantitative estimate of drug-likeness (QED) is 0.310. The number of amides is 1. The molecular formula is C26H24N2O2S. The highest BCUT2D eigenvalue weighted by molar-refractivity contribution is 7.14. The molecule has 4 aromatic rings. The molecule has 0 spiro atoms. The monoisotopic (exact) mass is 428 g/mol. The van der Waals surface area contributed by atoms with Crippen molar-refractivity contribution in [3.05, 3.63) is 89.8 Å². The highest BCUT2D eigenvalue weighted by Crippen LogP contribution is 2.27. The van der Waals surface area contributed by atoms with E-state index in [1.807, 2.05) is 72.1 Å². The third kappa shape index (κ3) is 5.38. The standard InChI is InChI=1S/C26H24N2O2S/c1-2-3-17-30-23-15-13-21(14-16-23)24-18-31-26(27-24)28-25(29)22-11-9-20(10-12-22)19-7-5-4-6-8-19/h4-16,18H,2-3,17H2,1H3,(H,27,28,29). The first-order valence-corrected chi connectivity index (χ1v) is 11.3. The number of unbranched alkanes of at least 4 members (excludes halogenated alkanes) is 1. The maximum atomic E-state index is 12.6. The van der Waals surface area contributed by atoms with Crippen molar-refractivity contribution in [2.24, 2.45) is 0 Å². The first-order valence-electron chi connectivity index (χ1n) is 10.4. The minimum Gasteiger partial charge on any atom is -0.494 e. The molecule has 3 aromatic carbocycles. The van der Waals surface area contributed by atoms with E-state index in [0.29, 0.717) is 10.7 Å². The summed E-state index contributed by atoms with van der Waals surface area (Å²) in [4.78, 5) is 17.2. The summed E-state index contributed by atoms with van der Waals surface area (Å²) in [5.41, 5.74) is 4.63. The van der Waals surface area contributed by atoms with Crippen LogP contribution in [0.1, 0.15) is 30.1 Å². The molecule has 5 heteroatoms. The summed E-state index contributed by atoms with van der Waals surface area (Å²) in [6, 6.07) is 25.6. The van der Waals surface area contributed by atoms with E-state index < -0.39 is 0 Å². The zero-order chi connectivity index (χ0) is 21.5. The molecule has 0 unspecified atom stereocenters. The van der Waals surface area contributed by atoms with Crippen LogP contribution in [0.2, 0.25) is 0 Å². The lowest BCUT2D eigenvalue weighted by Gasteiger charge is -2.06. The van der Waals surface area contributed by atoms with Crippen LogP contribution in [0.15, 0.2) is 84.2 Å². The lowest BCUT2D eigenvalue weighted by molar-refractivity contribution is 0.102. The smallest absolute Gasteiger partial charge is 0.257 e. The van der Waals surface area contributed by atoms with Crippen LogP contribution in [0.25, 0.3) is 22.4 Å². The molecule has 0 aliphatic carbocycles. The lowest BCUT2D eigenvalue weighted by Crippen LogP contribution is -2.11. The van der Waals surface area contributed by atoms with Crippen molar-refractivity contribution >= 4 is 22.4 Å². The Morgan fingerprint density at radius 2 is 1.58 bits per heavy atom. The highest BCUT2D eigenvalue weighted by Gasteiger charge is 2.11. The number of hydrogen-bond acceptors (Lipinski definition) is 4. The Morgan fingerprint density at radius 3 is 2.29 bits per heavy atom. The molecule has 0 atom stereocenters. The number of benzene rings is 3. The van der Waals surface area contributed by atoms with E-state index in [4.69, 9.17) is 4.74 Å². The Bertz CT molecular complexity index is 1120. The van der Waals surface area contributed by atoms with E-state index in [1.165, 1.54) is 11.3 Å². The van der Waals surface area contributed by atoms with Gasteiger partial charge in [-0.25, -0.2) is 4.98 Å². The average molecular weight is 429 g/mol. The number of thiazole rings is 1. The van der Waals surface area contributed by atoms with Crippen molar-refractivity contribution < 1.29 is 9.53 Å². The number of carbonyl (C=O) groups is 1. The summed E-state index contributed by atoms with van der Waals surface area (Å²) in [5.74, 6) is 0.695. The number of anilines is 1. The van der Waals surface area contributed by atoms with Crippen LogP contribution < -0.4 is 10.1 Å². The van der Waals surface area contributed by atoms with E-state index in [-0.39, 0.29) is 5.91 Å². The molecule has 1 aromatic heterocycles. The SMILES string of the molecule is CCCCOc1ccc(-c2csc(NC(=O)c3ccc(-c4ccccc4)cc3)n2)cc1. The van der Waals surface area contributed by atoms with Gasteiger partial charge in [0.05, 0.1) is 12.3 Å². The third-order valence-corrected chi connectivity index (χ3v) is 5.65. The van der Waals surface area contributed by atoms with Crippen LogP contribution in [0, 0.1) is 0 Å². The predicted molar refractivity (Wildman–Crippen MR) is 128 cm³/mol. The van der Waals surface area contributed by atoms with Gasteiger partial charge in [0, 0.05) is 16.5 Å². The number of nitrogens with one attached hydrogen (secondary N) is 1. The van der Waals surface area contributed by atoms with Crippen LogP contribution in [0.3, 0.4) is 0 Å². The van der Waals surface area contributed by atoms with Gasteiger partial charge in [-0.2, -0.15) is 0 Å². The zero-order valence-corrected chi connectivity index (χ0v) is 18.2. The van der Waals surface area contributed by atoms with E-state index in [1.54, 1.807) is 0 Å². The fourth-order valence-corrected chi connectivity index (χ4v) is 3.85. The number of nitrogens with zero attached hydrogens (tertiary/aromatic N) is 1. The van der Waals surface area contributed by atoms with Crippen LogP contribution >= 0.6 is 11.3 Å². The molecule has 0 saturated heterocycles. The summed E-state index contributed by atoms with van der Waals surface area (Å²) < 4.78 is 5.71. The molecule has 4 rings (SSSR count). The Labute approximate surface area is 186 Å². The van der Waals surface area contributed by atoms with Crippen LogP contribution in [0.5, 0.6) is 5.75 Å². The second kappa shape index (κ2) is 10.0. The van der Waals surface area contributed by atoms with Gasteiger partial charge in [0.1, 0.15) is 5.75 Å². The minimum atomic E-state index is -0.166. The second-order valence-electron chi connectivity index (χ2n) is 7.16. The van der Waals surface area contributed by atoms with Crippen molar-refractivity contribution in [1.82, 2.24) is 4.98 Å². The average Bonchev–Trinajstić information content (AvgIpc) is 3.29. The maximum absolute atomic E-state index is 12.6. The molecule has 0 bridgehead atoms. The maximum Gasteiger partial charge on any atom is 0.257 e. The molecule has 0 aliphatic heterocycles. The summed E-state index contributed by atoms with van der Waals surface area (Å²) in [5, 5.41) is 5.42. The first kappa shape index (κ1) is 20.8. The molecule has 1 N–H and O–H groups in total. The number of aromatic nitrogens is 1. The molecule has 1 amide bonds. The molecular weight excluding hydrogens is 404 g/mol. The van der Waals surface area contributed by atoms with Crippen LogP contribution in [-0.4, -0.2) is 17.5 Å². The molecule has 156 valence electrons. The van der Waals surface area contributed by atoms with Gasteiger partial charge in [-0.3, -0.25) is 10.1 Å². The predicted octanol–water partition coefficient (Wildman–Crippen LogP) is 6.91. The molecule has 4 nitrogen and oxygen atoms in total. The second-order valence-corrected chi connectivity index (χ2v) is 8.02. The molecule has 0 saturated carbocycles. The highest BCUT2D eigenvalue weighted by atomic mass is 32.1. The fourth-order valence-electron chi connectivity index (χ4n) is 3.13. The van der Waals surface area contributed by atoms with Crippen molar-refractivity contribution in [3.8, 4) is 28.1 Å². The zero-order valence-electron chi connectivity index (χ0n) is 17.4. The van der Waals surface area contributed by atoms with E-state index in [2.05, 4.69) is 29.4 Å². The minimum absolute atomic E-state index is 0.166. The van der Waals surface area contributed by atoms with Crippen LogP contribution in [-0.2, 0) is 0 Å². The van der Waals surface area contributed by atoms with Crippen molar-refractivity contribution in [2.45, 2.75) is 19.8 Å². The summed E-state index contributed by atoms with van der Waals surface area (Å²) in [7, 11) is 0. The van der Waals surface area contributed by atoms with Gasteiger partial charge in [0.25, 0.3) is 5.91 Å². The Hall–Kier alpha value is -3.44. The van der Waals surface area contributed by atoms with Crippen molar-refractivity contribution in [2.75, 3.05) is 11.9 Å².